The number of anilines is 1. The average Bonchev–Trinajstić information content (AvgIpc) is 2.87. The first kappa shape index (κ1) is 12.8. The van der Waals surface area contributed by atoms with E-state index < -0.39 is 0 Å². The molecule has 1 aliphatic rings. The van der Waals surface area contributed by atoms with Gasteiger partial charge in [0, 0.05) is 20.1 Å². The highest BCUT2D eigenvalue weighted by Crippen LogP contribution is 2.20. The van der Waals surface area contributed by atoms with Crippen molar-refractivity contribution < 1.29 is 4.79 Å². The Hall–Kier alpha value is -1.69. The highest BCUT2D eigenvalue weighted by atomic mass is 16.1. The fourth-order valence-electron chi connectivity index (χ4n) is 2.24. The van der Waals surface area contributed by atoms with Crippen molar-refractivity contribution in [3.8, 4) is 0 Å². The first-order valence-electron chi connectivity index (χ1n) is 6.20. The van der Waals surface area contributed by atoms with Crippen molar-refractivity contribution in [3.05, 3.63) is 17.8 Å². The third kappa shape index (κ3) is 2.76. The van der Waals surface area contributed by atoms with E-state index >= 15 is 0 Å². The summed E-state index contributed by atoms with van der Waals surface area (Å²) in [5.41, 5.74) is 0.354. The zero-order chi connectivity index (χ0) is 13.0. The van der Waals surface area contributed by atoms with Gasteiger partial charge in [-0.1, -0.05) is 0 Å². The van der Waals surface area contributed by atoms with Gasteiger partial charge in [-0.3, -0.25) is 4.79 Å². The van der Waals surface area contributed by atoms with Gasteiger partial charge in [-0.15, -0.1) is 10.2 Å². The number of hydrogen-bond donors (Lipinski definition) is 2. The molecule has 2 rings (SSSR count). The van der Waals surface area contributed by atoms with E-state index in [1.54, 1.807) is 13.1 Å². The van der Waals surface area contributed by atoms with E-state index in [4.69, 9.17) is 0 Å². The number of carbonyl (C=O) groups excluding carboxylic acids is 1. The Morgan fingerprint density at radius 2 is 2.28 bits per heavy atom. The van der Waals surface area contributed by atoms with E-state index in [1.807, 2.05) is 13.1 Å². The number of aromatic nitrogens is 2. The predicted octanol–water partition coefficient (Wildman–Crippen LogP) is -0.118. The maximum Gasteiger partial charge on any atom is 0.271 e. The molecule has 0 aromatic carbocycles. The lowest BCUT2D eigenvalue weighted by Gasteiger charge is -2.16. The zero-order valence-corrected chi connectivity index (χ0v) is 10.8. The van der Waals surface area contributed by atoms with E-state index in [0.29, 0.717) is 11.6 Å². The lowest BCUT2D eigenvalue weighted by atomic mass is 10.1. The van der Waals surface area contributed by atoms with Gasteiger partial charge in [0.1, 0.15) is 0 Å². The molecule has 1 amide bonds. The van der Waals surface area contributed by atoms with E-state index in [-0.39, 0.29) is 5.91 Å². The number of rotatable bonds is 4. The second kappa shape index (κ2) is 5.77. The Bertz CT molecular complexity index is 405. The van der Waals surface area contributed by atoms with Crippen LogP contribution in [-0.4, -0.2) is 49.8 Å². The van der Waals surface area contributed by atoms with Crippen LogP contribution in [0.3, 0.4) is 0 Å². The summed E-state index contributed by atoms with van der Waals surface area (Å²) in [6.07, 6.45) is 1.17. The quantitative estimate of drug-likeness (QED) is 0.778. The molecule has 6 nitrogen and oxygen atoms in total. The lowest BCUT2D eigenvalue weighted by molar-refractivity contribution is 0.0957. The Balaban J connectivity index is 2.00. The van der Waals surface area contributed by atoms with Gasteiger partial charge in [0.05, 0.1) is 0 Å². The van der Waals surface area contributed by atoms with Crippen LogP contribution in [0.2, 0.25) is 0 Å². The van der Waals surface area contributed by atoms with Gasteiger partial charge in [0.2, 0.25) is 0 Å². The molecule has 18 heavy (non-hydrogen) atoms. The van der Waals surface area contributed by atoms with Gasteiger partial charge in [-0.05, 0) is 38.1 Å². The predicted molar refractivity (Wildman–Crippen MR) is 69.7 cm³/mol. The molecule has 1 fully saturated rings. The summed E-state index contributed by atoms with van der Waals surface area (Å²) in [5.74, 6) is 1.31. The Morgan fingerprint density at radius 1 is 1.44 bits per heavy atom. The molecule has 6 heteroatoms. The van der Waals surface area contributed by atoms with Crippen LogP contribution >= 0.6 is 0 Å². The molecule has 0 saturated carbocycles. The van der Waals surface area contributed by atoms with Crippen LogP contribution in [0.5, 0.6) is 0 Å². The van der Waals surface area contributed by atoms with Gasteiger partial charge in [-0.25, -0.2) is 0 Å². The van der Waals surface area contributed by atoms with Crippen molar-refractivity contribution in [2.75, 3.05) is 38.6 Å². The van der Waals surface area contributed by atoms with Crippen LogP contribution in [0.1, 0.15) is 16.9 Å². The maximum atomic E-state index is 11.3. The smallest absolute Gasteiger partial charge is 0.271 e. The third-order valence-electron chi connectivity index (χ3n) is 3.21. The normalized spacial score (nSPS) is 19.0. The topological polar surface area (TPSA) is 70.2 Å². The second-order valence-corrected chi connectivity index (χ2v) is 4.51. The first-order valence-corrected chi connectivity index (χ1v) is 6.20. The Morgan fingerprint density at radius 3 is 2.89 bits per heavy atom. The van der Waals surface area contributed by atoms with Gasteiger partial charge in [0.25, 0.3) is 5.91 Å². The largest absolute Gasteiger partial charge is 0.355 e. The lowest BCUT2D eigenvalue weighted by Crippen LogP contribution is -2.25. The third-order valence-corrected chi connectivity index (χ3v) is 3.21. The van der Waals surface area contributed by atoms with Crippen LogP contribution in [0.4, 0.5) is 5.82 Å². The average molecular weight is 249 g/mol. The van der Waals surface area contributed by atoms with Crippen molar-refractivity contribution in [1.82, 2.24) is 20.8 Å². The fraction of sp³-hybridized carbons (Fsp3) is 0.583. The van der Waals surface area contributed by atoms with E-state index in [1.165, 1.54) is 6.42 Å². The van der Waals surface area contributed by atoms with Gasteiger partial charge in [-0.2, -0.15) is 0 Å². The van der Waals surface area contributed by atoms with Gasteiger partial charge >= 0.3 is 0 Å². The van der Waals surface area contributed by atoms with Crippen molar-refractivity contribution in [2.45, 2.75) is 6.42 Å². The molecule has 1 aromatic heterocycles. The zero-order valence-electron chi connectivity index (χ0n) is 10.8. The molecule has 0 radical (unpaired) electrons. The van der Waals surface area contributed by atoms with Crippen LogP contribution in [-0.2, 0) is 0 Å². The number of hydrogen-bond acceptors (Lipinski definition) is 5. The molecule has 1 aliphatic heterocycles. The monoisotopic (exact) mass is 249 g/mol. The van der Waals surface area contributed by atoms with Crippen LogP contribution in [0.25, 0.3) is 0 Å². The van der Waals surface area contributed by atoms with Crippen LogP contribution < -0.4 is 15.5 Å². The molecule has 0 bridgehead atoms. The summed E-state index contributed by atoms with van der Waals surface area (Å²) < 4.78 is 0. The molecule has 0 spiro atoms. The molecule has 2 N–H and O–H groups in total. The first-order chi connectivity index (χ1) is 8.74. The summed E-state index contributed by atoms with van der Waals surface area (Å²) >= 11 is 0. The summed E-state index contributed by atoms with van der Waals surface area (Å²) in [7, 11) is 3.56. The molecular weight excluding hydrogens is 230 g/mol. The minimum Gasteiger partial charge on any atom is -0.355 e. The molecule has 2 heterocycles. The minimum absolute atomic E-state index is 0.205. The molecule has 1 atom stereocenters. The number of nitrogens with one attached hydrogen (secondary N) is 2. The fourth-order valence-corrected chi connectivity index (χ4v) is 2.24. The van der Waals surface area contributed by atoms with Crippen molar-refractivity contribution in [1.29, 1.82) is 0 Å². The summed E-state index contributed by atoms with van der Waals surface area (Å²) in [6, 6.07) is 3.58. The van der Waals surface area contributed by atoms with E-state index in [2.05, 4.69) is 25.7 Å². The molecule has 1 saturated heterocycles. The van der Waals surface area contributed by atoms with Crippen molar-refractivity contribution in [2.24, 2.45) is 5.92 Å². The SMILES string of the molecule is CNCC1CCN(c2ccc(C(=O)NC)nn2)C1. The summed E-state index contributed by atoms with van der Waals surface area (Å²) in [4.78, 5) is 13.6. The summed E-state index contributed by atoms with van der Waals surface area (Å²) in [6.45, 7) is 3.02. The molecule has 1 unspecified atom stereocenters. The Labute approximate surface area is 107 Å². The number of nitrogens with zero attached hydrogens (tertiary/aromatic N) is 3. The summed E-state index contributed by atoms with van der Waals surface area (Å²) in [5, 5.41) is 13.8. The standard InChI is InChI=1S/C12H19N5O/c1-13-7-9-5-6-17(8-9)11-4-3-10(15-16-11)12(18)14-2/h3-4,9,13H,5-8H2,1-2H3,(H,14,18). The highest BCUT2D eigenvalue weighted by Gasteiger charge is 2.23. The molecule has 0 aliphatic carbocycles. The number of amides is 1. The van der Waals surface area contributed by atoms with Crippen molar-refractivity contribution in [3.63, 3.8) is 0 Å². The van der Waals surface area contributed by atoms with Crippen molar-refractivity contribution >= 4 is 11.7 Å². The molecule has 98 valence electrons. The van der Waals surface area contributed by atoms with E-state index in [0.717, 1.165) is 25.5 Å². The molecule has 1 aromatic rings. The minimum atomic E-state index is -0.205. The Kier molecular flexibility index (Phi) is 4.09. The second-order valence-electron chi connectivity index (χ2n) is 4.51. The van der Waals surface area contributed by atoms with Crippen LogP contribution in [0.15, 0.2) is 12.1 Å². The van der Waals surface area contributed by atoms with E-state index in [9.17, 15) is 4.79 Å². The molecular formula is C12H19N5O. The van der Waals surface area contributed by atoms with Crippen LogP contribution in [0, 0.1) is 5.92 Å². The highest BCUT2D eigenvalue weighted by molar-refractivity contribution is 5.91. The van der Waals surface area contributed by atoms with Gasteiger partial charge < -0.3 is 15.5 Å². The number of carbonyl (C=O) groups is 1. The van der Waals surface area contributed by atoms with Gasteiger partial charge in [0.15, 0.2) is 11.5 Å². The maximum absolute atomic E-state index is 11.3.